The van der Waals surface area contributed by atoms with E-state index in [0.29, 0.717) is 23.1 Å². The fraction of sp³-hybridized carbons (Fsp3) is 0.375. The molecular formula is C24H27N5O4S. The number of rotatable bonds is 7. The van der Waals surface area contributed by atoms with Crippen LogP contribution in [0.4, 0.5) is 5.82 Å². The maximum Gasteiger partial charge on any atom is 0.263 e. The van der Waals surface area contributed by atoms with E-state index in [1.807, 2.05) is 25.1 Å². The number of amides is 1. The van der Waals surface area contributed by atoms with Crippen LogP contribution in [-0.2, 0) is 21.4 Å². The number of sulfonamides is 1. The third-order valence-corrected chi connectivity index (χ3v) is 7.65. The molecule has 4 rings (SSSR count). The van der Waals surface area contributed by atoms with Gasteiger partial charge in [0.25, 0.3) is 10.0 Å². The molecule has 3 aromatic rings. The van der Waals surface area contributed by atoms with Gasteiger partial charge in [0.15, 0.2) is 11.4 Å². The second-order valence-electron chi connectivity index (χ2n) is 8.61. The molecule has 0 unspecified atom stereocenters. The van der Waals surface area contributed by atoms with Crippen LogP contribution in [0, 0.1) is 31.1 Å². The van der Waals surface area contributed by atoms with Crippen LogP contribution in [0.5, 0.6) is 0 Å². The third-order valence-electron chi connectivity index (χ3n) is 6.15. The van der Waals surface area contributed by atoms with E-state index < -0.39 is 10.0 Å². The first-order valence-corrected chi connectivity index (χ1v) is 12.6. The second-order valence-corrected chi connectivity index (χ2v) is 10.3. The predicted molar refractivity (Wildman–Crippen MR) is 127 cm³/mol. The van der Waals surface area contributed by atoms with Crippen LogP contribution in [0.1, 0.15) is 29.5 Å². The number of fused-ring (bicyclic) bond motifs is 1. The number of nitrogens with zero attached hydrogens (tertiary/aromatic N) is 3. The number of piperidine rings is 1. The van der Waals surface area contributed by atoms with Crippen molar-refractivity contribution in [3.05, 3.63) is 53.1 Å². The van der Waals surface area contributed by atoms with Gasteiger partial charge < -0.3 is 9.84 Å². The first-order chi connectivity index (χ1) is 16.3. The molecule has 10 heteroatoms. The molecule has 1 aromatic heterocycles. The van der Waals surface area contributed by atoms with Crippen LogP contribution < -0.4 is 10.0 Å². The van der Waals surface area contributed by atoms with E-state index >= 15 is 0 Å². The molecule has 0 spiro atoms. The van der Waals surface area contributed by atoms with Crippen molar-refractivity contribution in [2.24, 2.45) is 5.92 Å². The molecular weight excluding hydrogens is 454 g/mol. The Morgan fingerprint density at radius 1 is 1.21 bits per heavy atom. The highest BCUT2D eigenvalue weighted by molar-refractivity contribution is 7.92. The Bertz CT molecular complexity index is 1350. The number of hydrogen-bond donors (Lipinski definition) is 2. The largest absolute Gasteiger partial charge is 0.354 e. The molecule has 0 saturated carbocycles. The van der Waals surface area contributed by atoms with E-state index in [9.17, 15) is 13.2 Å². The highest BCUT2D eigenvalue weighted by Crippen LogP contribution is 2.31. The molecule has 2 N–H and O–H groups in total. The summed E-state index contributed by atoms with van der Waals surface area (Å²) in [6.45, 7) is 5.93. The van der Waals surface area contributed by atoms with E-state index in [0.717, 1.165) is 37.1 Å². The number of nitrogens with one attached hydrogen (secondary N) is 2. The summed E-state index contributed by atoms with van der Waals surface area (Å²) in [6.07, 6.45) is 1.48. The smallest absolute Gasteiger partial charge is 0.263 e. The van der Waals surface area contributed by atoms with E-state index in [1.54, 1.807) is 31.2 Å². The average molecular weight is 482 g/mol. The quantitative estimate of drug-likeness (QED) is 0.496. The molecule has 0 bridgehead atoms. The van der Waals surface area contributed by atoms with Gasteiger partial charge in [0.1, 0.15) is 6.54 Å². The number of benzene rings is 2. The molecule has 1 aliphatic rings. The number of likely N-dealkylation sites (tertiary alicyclic amines) is 1. The van der Waals surface area contributed by atoms with Crippen LogP contribution >= 0.6 is 0 Å². The summed E-state index contributed by atoms with van der Waals surface area (Å²) in [7, 11) is -3.80. The second kappa shape index (κ2) is 9.83. The van der Waals surface area contributed by atoms with Gasteiger partial charge in [-0.2, -0.15) is 5.26 Å². The number of anilines is 1. The molecule has 1 aliphatic heterocycles. The van der Waals surface area contributed by atoms with Crippen molar-refractivity contribution < 1.29 is 17.7 Å². The van der Waals surface area contributed by atoms with Gasteiger partial charge in [-0.15, -0.1) is 0 Å². The standard InChI is InChI=1S/C24H27N5O4S/c1-16-5-3-4-6-21(16)34(31,32)28-23-22-17(2)13-18(14-20(22)33-27-23)15-29-11-7-19(8-12-29)24(30)26-10-9-25/h3-6,13-14,19H,7-8,10-12,15H2,1-2H3,(H,26,30)(H,27,28). The highest BCUT2D eigenvalue weighted by atomic mass is 32.2. The number of carbonyl (C=O) groups is 1. The Balaban J connectivity index is 1.46. The van der Waals surface area contributed by atoms with Crippen molar-refractivity contribution >= 4 is 32.7 Å². The normalized spacial score (nSPS) is 15.2. The van der Waals surface area contributed by atoms with E-state index in [1.165, 1.54) is 0 Å². The zero-order valence-corrected chi connectivity index (χ0v) is 20.0. The molecule has 34 heavy (non-hydrogen) atoms. The molecule has 0 radical (unpaired) electrons. The lowest BCUT2D eigenvalue weighted by Crippen LogP contribution is -2.40. The minimum Gasteiger partial charge on any atom is -0.354 e. The van der Waals surface area contributed by atoms with E-state index in [2.05, 4.69) is 20.1 Å². The summed E-state index contributed by atoms with van der Waals surface area (Å²) in [4.78, 5) is 14.5. The van der Waals surface area contributed by atoms with E-state index in [-0.39, 0.29) is 29.1 Å². The summed E-state index contributed by atoms with van der Waals surface area (Å²) in [5, 5.41) is 15.9. The molecule has 0 atom stereocenters. The van der Waals surface area contributed by atoms with Gasteiger partial charge in [0.05, 0.1) is 16.4 Å². The first kappa shape index (κ1) is 23.7. The van der Waals surface area contributed by atoms with Crippen molar-refractivity contribution in [2.75, 3.05) is 24.4 Å². The van der Waals surface area contributed by atoms with E-state index in [4.69, 9.17) is 9.78 Å². The highest BCUT2D eigenvalue weighted by Gasteiger charge is 2.25. The van der Waals surface area contributed by atoms with Crippen LogP contribution in [0.2, 0.25) is 0 Å². The summed E-state index contributed by atoms with van der Waals surface area (Å²) >= 11 is 0. The maximum atomic E-state index is 12.9. The third kappa shape index (κ3) is 5.05. The fourth-order valence-corrected chi connectivity index (χ4v) is 5.68. The molecule has 2 aromatic carbocycles. The van der Waals surface area contributed by atoms with Gasteiger partial charge in [-0.25, -0.2) is 8.42 Å². The van der Waals surface area contributed by atoms with Crippen molar-refractivity contribution in [1.82, 2.24) is 15.4 Å². The van der Waals surface area contributed by atoms with Crippen LogP contribution in [0.15, 0.2) is 45.8 Å². The van der Waals surface area contributed by atoms with Gasteiger partial charge >= 0.3 is 0 Å². The van der Waals surface area contributed by atoms with Crippen LogP contribution in [-0.4, -0.2) is 44.0 Å². The van der Waals surface area contributed by atoms with Gasteiger partial charge in [0.2, 0.25) is 5.91 Å². The number of carbonyl (C=O) groups excluding carboxylic acids is 1. The molecule has 9 nitrogen and oxygen atoms in total. The Labute approximate surface area is 198 Å². The average Bonchev–Trinajstić information content (AvgIpc) is 3.20. The Kier molecular flexibility index (Phi) is 6.86. The van der Waals surface area contributed by atoms with Crippen LogP contribution in [0.25, 0.3) is 11.0 Å². The van der Waals surface area contributed by atoms with Gasteiger partial charge in [0, 0.05) is 12.5 Å². The summed E-state index contributed by atoms with van der Waals surface area (Å²) in [5.74, 6) is 0.0548. The SMILES string of the molecule is Cc1ccccc1S(=O)(=O)Nc1noc2cc(CN3CCC(C(=O)NCC#N)CC3)cc(C)c12. The number of aryl methyl sites for hydroxylation is 2. The lowest BCUT2D eigenvalue weighted by molar-refractivity contribution is -0.126. The predicted octanol–water partition coefficient (Wildman–Crippen LogP) is 3.10. The minimum absolute atomic E-state index is 0.0403. The monoisotopic (exact) mass is 481 g/mol. The lowest BCUT2D eigenvalue weighted by atomic mass is 9.95. The molecule has 1 amide bonds. The summed E-state index contributed by atoms with van der Waals surface area (Å²) < 4.78 is 33.8. The maximum absolute atomic E-state index is 12.9. The van der Waals surface area contributed by atoms with Crippen molar-refractivity contribution in [2.45, 2.75) is 38.1 Å². The molecule has 2 heterocycles. The van der Waals surface area contributed by atoms with Gasteiger partial charge in [-0.3, -0.25) is 14.4 Å². The number of aromatic nitrogens is 1. The summed E-state index contributed by atoms with van der Waals surface area (Å²) in [6, 6.07) is 12.6. The van der Waals surface area contributed by atoms with Gasteiger partial charge in [-0.05, 0) is 68.6 Å². The number of hydrogen-bond acceptors (Lipinski definition) is 7. The molecule has 1 saturated heterocycles. The Morgan fingerprint density at radius 3 is 2.65 bits per heavy atom. The molecule has 178 valence electrons. The van der Waals surface area contributed by atoms with Crippen LogP contribution in [0.3, 0.4) is 0 Å². The zero-order chi connectivity index (χ0) is 24.3. The minimum atomic E-state index is -3.80. The first-order valence-electron chi connectivity index (χ1n) is 11.1. The van der Waals surface area contributed by atoms with Gasteiger partial charge in [-0.1, -0.05) is 29.4 Å². The summed E-state index contributed by atoms with van der Waals surface area (Å²) in [5.41, 5.74) is 3.06. The lowest BCUT2D eigenvalue weighted by Gasteiger charge is -2.31. The Morgan fingerprint density at radius 2 is 1.94 bits per heavy atom. The van der Waals surface area contributed by atoms with Crippen molar-refractivity contribution in [3.8, 4) is 6.07 Å². The molecule has 0 aliphatic carbocycles. The van der Waals surface area contributed by atoms with Crippen molar-refractivity contribution in [1.29, 1.82) is 5.26 Å². The number of nitriles is 1. The fourth-order valence-electron chi connectivity index (χ4n) is 4.43. The van der Waals surface area contributed by atoms with Crippen molar-refractivity contribution in [3.63, 3.8) is 0 Å². The topological polar surface area (TPSA) is 128 Å². The molecule has 1 fully saturated rings. The Hall–Kier alpha value is -3.42. The zero-order valence-electron chi connectivity index (χ0n) is 19.2.